The molecule has 3 heteroatoms. The van der Waals surface area contributed by atoms with Crippen molar-refractivity contribution in [3.05, 3.63) is 76.7 Å². The summed E-state index contributed by atoms with van der Waals surface area (Å²) in [7, 11) is 0. The molecule has 0 saturated carbocycles. The van der Waals surface area contributed by atoms with Gasteiger partial charge in [-0.25, -0.2) is 4.79 Å². The number of nitrogens with zero attached hydrogens (tertiary/aromatic N) is 1. The van der Waals surface area contributed by atoms with Crippen LogP contribution in [0.2, 0.25) is 0 Å². The Labute approximate surface area is 117 Å². The highest BCUT2D eigenvalue weighted by molar-refractivity contribution is 5.67. The summed E-state index contributed by atoms with van der Waals surface area (Å²) in [6.45, 7) is 2.04. The van der Waals surface area contributed by atoms with E-state index in [1.807, 2.05) is 67.6 Å². The molecule has 1 N–H and O–H groups in total. The minimum absolute atomic E-state index is 0.332. The summed E-state index contributed by atoms with van der Waals surface area (Å²) in [6, 6.07) is 19.6. The van der Waals surface area contributed by atoms with Crippen molar-refractivity contribution < 1.29 is 0 Å². The van der Waals surface area contributed by atoms with Gasteiger partial charge in [0.25, 0.3) is 0 Å². The number of H-pyrrole nitrogens is 1. The van der Waals surface area contributed by atoms with Gasteiger partial charge in [0.05, 0.1) is 11.4 Å². The predicted molar refractivity (Wildman–Crippen MR) is 80.5 cm³/mol. The van der Waals surface area contributed by atoms with Gasteiger partial charge in [-0.2, -0.15) is 4.98 Å². The number of aromatic nitrogens is 2. The molecule has 2 aromatic carbocycles. The maximum absolute atomic E-state index is 11.8. The van der Waals surface area contributed by atoms with Crippen LogP contribution in [0.1, 0.15) is 5.56 Å². The second kappa shape index (κ2) is 5.13. The number of benzene rings is 2. The molecule has 3 nitrogen and oxygen atoms in total. The fourth-order valence-electron chi connectivity index (χ4n) is 2.10. The maximum Gasteiger partial charge on any atom is 0.345 e. The van der Waals surface area contributed by atoms with Gasteiger partial charge in [0, 0.05) is 5.56 Å². The van der Waals surface area contributed by atoms with Crippen LogP contribution in [0.4, 0.5) is 0 Å². The van der Waals surface area contributed by atoms with Crippen LogP contribution < -0.4 is 5.69 Å². The van der Waals surface area contributed by atoms with Gasteiger partial charge >= 0.3 is 5.69 Å². The zero-order valence-electron chi connectivity index (χ0n) is 11.1. The third-order valence-electron chi connectivity index (χ3n) is 3.18. The topological polar surface area (TPSA) is 45.8 Å². The van der Waals surface area contributed by atoms with Crippen molar-refractivity contribution in [3.8, 4) is 22.5 Å². The first-order valence-corrected chi connectivity index (χ1v) is 6.46. The van der Waals surface area contributed by atoms with Gasteiger partial charge in [-0.05, 0) is 18.6 Å². The number of rotatable bonds is 2. The minimum atomic E-state index is -0.332. The second-order valence-electron chi connectivity index (χ2n) is 4.72. The van der Waals surface area contributed by atoms with Crippen molar-refractivity contribution >= 4 is 0 Å². The van der Waals surface area contributed by atoms with E-state index in [0.29, 0.717) is 5.69 Å². The molecular formula is C17H14N2O. The van der Waals surface area contributed by atoms with E-state index >= 15 is 0 Å². The lowest BCUT2D eigenvalue weighted by atomic mass is 10.1. The molecule has 0 aliphatic rings. The van der Waals surface area contributed by atoms with Crippen molar-refractivity contribution in [2.24, 2.45) is 0 Å². The smallest absolute Gasteiger partial charge is 0.305 e. The molecule has 3 aromatic rings. The molecule has 0 bridgehead atoms. The zero-order valence-corrected chi connectivity index (χ0v) is 11.1. The fraction of sp³-hybridized carbons (Fsp3) is 0.0588. The van der Waals surface area contributed by atoms with Gasteiger partial charge in [-0.1, -0.05) is 60.2 Å². The van der Waals surface area contributed by atoms with Crippen LogP contribution in [0, 0.1) is 6.92 Å². The van der Waals surface area contributed by atoms with Crippen LogP contribution >= 0.6 is 0 Å². The van der Waals surface area contributed by atoms with Crippen LogP contribution in [0.5, 0.6) is 0 Å². The number of aryl methyl sites for hydroxylation is 1. The van der Waals surface area contributed by atoms with E-state index < -0.39 is 0 Å². The molecule has 0 amide bonds. The minimum Gasteiger partial charge on any atom is -0.305 e. The average molecular weight is 262 g/mol. The van der Waals surface area contributed by atoms with Gasteiger partial charge in [0.1, 0.15) is 0 Å². The first kappa shape index (κ1) is 12.4. The molecule has 0 aliphatic carbocycles. The number of nitrogens with one attached hydrogen (secondary N) is 1. The first-order valence-electron chi connectivity index (χ1n) is 6.46. The Morgan fingerprint density at radius 1 is 0.900 bits per heavy atom. The van der Waals surface area contributed by atoms with Crippen molar-refractivity contribution in [2.75, 3.05) is 0 Å². The van der Waals surface area contributed by atoms with E-state index in [4.69, 9.17) is 0 Å². The number of hydrogen-bond acceptors (Lipinski definition) is 2. The van der Waals surface area contributed by atoms with Gasteiger partial charge in [-0.15, -0.1) is 0 Å². The summed E-state index contributed by atoms with van der Waals surface area (Å²) in [5, 5.41) is 0. The number of aromatic amines is 1. The molecule has 0 aliphatic heterocycles. The van der Waals surface area contributed by atoms with Crippen LogP contribution in [-0.4, -0.2) is 9.97 Å². The van der Waals surface area contributed by atoms with Gasteiger partial charge < -0.3 is 4.98 Å². The molecular weight excluding hydrogens is 248 g/mol. The Kier molecular flexibility index (Phi) is 3.17. The third-order valence-corrected chi connectivity index (χ3v) is 3.18. The van der Waals surface area contributed by atoms with Gasteiger partial charge in [0.15, 0.2) is 0 Å². The summed E-state index contributed by atoms with van der Waals surface area (Å²) in [4.78, 5) is 18.6. The van der Waals surface area contributed by atoms with Gasteiger partial charge in [0.2, 0.25) is 0 Å². The van der Waals surface area contributed by atoms with Gasteiger partial charge in [-0.3, -0.25) is 0 Å². The lowest BCUT2D eigenvalue weighted by Gasteiger charge is -2.05. The molecule has 1 heterocycles. The van der Waals surface area contributed by atoms with Crippen molar-refractivity contribution in [3.63, 3.8) is 0 Å². The Bertz CT molecular complexity index is 774. The molecule has 98 valence electrons. The average Bonchev–Trinajstić information content (AvgIpc) is 2.48. The van der Waals surface area contributed by atoms with E-state index in [1.54, 1.807) is 0 Å². The van der Waals surface area contributed by atoms with Crippen LogP contribution in [0.3, 0.4) is 0 Å². The molecule has 0 spiro atoms. The van der Waals surface area contributed by atoms with E-state index in [-0.39, 0.29) is 5.69 Å². The highest BCUT2D eigenvalue weighted by Crippen LogP contribution is 2.21. The third kappa shape index (κ3) is 2.52. The Balaban J connectivity index is 2.12. The van der Waals surface area contributed by atoms with Crippen molar-refractivity contribution in [1.82, 2.24) is 9.97 Å². The van der Waals surface area contributed by atoms with Crippen molar-refractivity contribution in [1.29, 1.82) is 0 Å². The molecule has 20 heavy (non-hydrogen) atoms. The first-order chi connectivity index (χ1) is 9.72. The quantitative estimate of drug-likeness (QED) is 0.769. The molecule has 3 rings (SSSR count). The monoisotopic (exact) mass is 262 g/mol. The Morgan fingerprint density at radius 2 is 1.60 bits per heavy atom. The van der Waals surface area contributed by atoms with Crippen LogP contribution in [0.25, 0.3) is 22.5 Å². The zero-order chi connectivity index (χ0) is 13.9. The molecule has 0 radical (unpaired) electrons. The summed E-state index contributed by atoms with van der Waals surface area (Å²) >= 11 is 0. The summed E-state index contributed by atoms with van der Waals surface area (Å²) in [5.41, 5.74) is 4.24. The molecule has 0 saturated heterocycles. The Hall–Kier alpha value is -2.68. The normalized spacial score (nSPS) is 10.4. The predicted octanol–water partition coefficient (Wildman–Crippen LogP) is 3.41. The second-order valence-corrected chi connectivity index (χ2v) is 4.72. The number of hydrogen-bond donors (Lipinski definition) is 1. The molecule has 0 atom stereocenters. The largest absolute Gasteiger partial charge is 0.345 e. The summed E-state index contributed by atoms with van der Waals surface area (Å²) in [6.07, 6.45) is 0. The molecule has 0 fully saturated rings. The van der Waals surface area contributed by atoms with E-state index in [2.05, 4.69) is 9.97 Å². The lowest BCUT2D eigenvalue weighted by Crippen LogP contribution is -2.11. The van der Waals surface area contributed by atoms with Crippen LogP contribution in [0.15, 0.2) is 65.5 Å². The maximum atomic E-state index is 11.8. The Morgan fingerprint density at radius 3 is 2.30 bits per heavy atom. The van der Waals surface area contributed by atoms with E-state index in [9.17, 15) is 4.79 Å². The van der Waals surface area contributed by atoms with Crippen LogP contribution in [-0.2, 0) is 0 Å². The van der Waals surface area contributed by atoms with E-state index in [1.165, 1.54) is 5.56 Å². The van der Waals surface area contributed by atoms with Crippen molar-refractivity contribution in [2.45, 2.75) is 6.92 Å². The molecule has 1 aromatic heterocycles. The highest BCUT2D eigenvalue weighted by atomic mass is 16.1. The standard InChI is InChI=1S/C17H14N2O/c1-12-7-9-14(10-8-12)16-11-15(18-17(20)19-16)13-5-3-2-4-6-13/h2-11H,1H3,(H,18,19,20). The highest BCUT2D eigenvalue weighted by Gasteiger charge is 2.05. The summed E-state index contributed by atoms with van der Waals surface area (Å²) < 4.78 is 0. The summed E-state index contributed by atoms with van der Waals surface area (Å²) in [5.74, 6) is 0. The fourth-order valence-corrected chi connectivity index (χ4v) is 2.10. The molecule has 0 unspecified atom stereocenters. The lowest BCUT2D eigenvalue weighted by molar-refractivity contribution is 1.09. The van der Waals surface area contributed by atoms with E-state index in [0.717, 1.165) is 16.8 Å². The SMILES string of the molecule is Cc1ccc(-c2cc(-c3ccccc3)nc(=O)[nH]2)cc1.